The molecule has 1 N–H and O–H groups in total. The smallest absolute Gasteiger partial charge is 0.322 e. The van der Waals surface area contributed by atoms with Gasteiger partial charge in [0.25, 0.3) is 0 Å². The van der Waals surface area contributed by atoms with E-state index in [1.807, 2.05) is 45.9 Å². The molecule has 3 aromatic rings. The molecule has 0 aliphatic heterocycles. The van der Waals surface area contributed by atoms with Crippen molar-refractivity contribution in [1.82, 2.24) is 9.97 Å². The number of anilines is 1. The van der Waals surface area contributed by atoms with Gasteiger partial charge in [-0.15, -0.1) is 0 Å². The van der Waals surface area contributed by atoms with Crippen LogP contribution in [0.2, 0.25) is 5.02 Å². The lowest BCUT2D eigenvalue weighted by Gasteiger charge is -2.10. The van der Waals surface area contributed by atoms with E-state index in [4.69, 9.17) is 21.1 Å². The first kappa shape index (κ1) is 22.6. The molecule has 0 fully saturated rings. The summed E-state index contributed by atoms with van der Waals surface area (Å²) < 4.78 is 11.4. The van der Waals surface area contributed by atoms with Crippen LogP contribution < -0.4 is 14.8 Å². The number of nitrogens with zero attached hydrogens (tertiary/aromatic N) is 2. The van der Waals surface area contributed by atoms with Gasteiger partial charge in [0.2, 0.25) is 5.91 Å². The second-order valence-electron chi connectivity index (χ2n) is 7.43. The predicted octanol–water partition coefficient (Wildman–Crippen LogP) is 5.95. The molecule has 0 aliphatic rings. The zero-order valence-corrected chi connectivity index (χ0v) is 18.9. The Morgan fingerprint density at radius 1 is 0.935 bits per heavy atom. The van der Waals surface area contributed by atoms with E-state index < -0.39 is 0 Å². The summed E-state index contributed by atoms with van der Waals surface area (Å²) in [4.78, 5) is 20.7. The van der Waals surface area contributed by atoms with E-state index >= 15 is 0 Å². The SMILES string of the molecule is Cc1cc(C)nc(Oc2ccc(NC(=O)CCCOc3cc(C)c(Cl)c(C)c3)cc2)n1. The van der Waals surface area contributed by atoms with Crippen LogP contribution in [-0.2, 0) is 4.79 Å². The number of rotatable bonds is 8. The highest BCUT2D eigenvalue weighted by Gasteiger charge is 2.07. The van der Waals surface area contributed by atoms with E-state index in [2.05, 4.69) is 15.3 Å². The number of carbonyl (C=O) groups excluding carboxylic acids is 1. The lowest BCUT2D eigenvalue weighted by molar-refractivity contribution is -0.116. The number of benzene rings is 2. The molecule has 0 bridgehead atoms. The van der Waals surface area contributed by atoms with Crippen molar-refractivity contribution in [2.75, 3.05) is 11.9 Å². The molecule has 0 aliphatic carbocycles. The first-order chi connectivity index (χ1) is 14.8. The Bertz CT molecular complexity index is 1020. The summed E-state index contributed by atoms with van der Waals surface area (Å²) in [5.74, 6) is 1.30. The Balaban J connectivity index is 1.44. The van der Waals surface area contributed by atoms with E-state index in [1.54, 1.807) is 24.3 Å². The molecule has 0 saturated heterocycles. The number of halogens is 1. The van der Waals surface area contributed by atoms with E-state index in [0.717, 1.165) is 33.3 Å². The quantitative estimate of drug-likeness (QED) is 0.439. The Morgan fingerprint density at radius 2 is 1.55 bits per heavy atom. The number of nitrogens with one attached hydrogen (secondary N) is 1. The zero-order valence-electron chi connectivity index (χ0n) is 18.2. The maximum atomic E-state index is 12.2. The van der Waals surface area contributed by atoms with Gasteiger partial charge in [-0.05, 0) is 87.7 Å². The standard InChI is InChI=1S/C24H26ClN3O3/c1-15-12-21(13-16(2)23(15)25)30-11-5-6-22(29)28-19-7-9-20(10-8-19)31-24-26-17(3)14-18(4)27-24/h7-10,12-14H,5-6,11H2,1-4H3,(H,28,29). The van der Waals surface area contributed by atoms with Gasteiger partial charge in [0.1, 0.15) is 11.5 Å². The first-order valence-corrected chi connectivity index (χ1v) is 10.5. The molecule has 0 spiro atoms. The third-order valence-electron chi connectivity index (χ3n) is 4.54. The molecule has 0 saturated carbocycles. The van der Waals surface area contributed by atoms with Crippen molar-refractivity contribution in [1.29, 1.82) is 0 Å². The minimum atomic E-state index is -0.0709. The molecular formula is C24H26ClN3O3. The van der Waals surface area contributed by atoms with Crippen molar-refractivity contribution in [3.63, 3.8) is 0 Å². The number of hydrogen-bond acceptors (Lipinski definition) is 5. The van der Waals surface area contributed by atoms with E-state index in [0.29, 0.717) is 36.9 Å². The highest BCUT2D eigenvalue weighted by molar-refractivity contribution is 6.32. The van der Waals surface area contributed by atoms with Crippen molar-refractivity contribution < 1.29 is 14.3 Å². The van der Waals surface area contributed by atoms with Crippen LogP contribution in [-0.4, -0.2) is 22.5 Å². The summed E-state index contributed by atoms with van der Waals surface area (Å²) >= 11 is 6.17. The number of amides is 1. The van der Waals surface area contributed by atoms with Gasteiger partial charge in [0.15, 0.2) is 0 Å². The van der Waals surface area contributed by atoms with Crippen LogP contribution in [0.5, 0.6) is 17.5 Å². The Morgan fingerprint density at radius 3 is 2.16 bits per heavy atom. The van der Waals surface area contributed by atoms with Crippen LogP contribution >= 0.6 is 11.6 Å². The van der Waals surface area contributed by atoms with Gasteiger partial charge in [0, 0.05) is 28.5 Å². The van der Waals surface area contributed by atoms with Crippen molar-refractivity contribution in [2.45, 2.75) is 40.5 Å². The van der Waals surface area contributed by atoms with Crippen LogP contribution in [0.4, 0.5) is 5.69 Å². The molecule has 6 nitrogen and oxygen atoms in total. The van der Waals surface area contributed by atoms with Gasteiger partial charge >= 0.3 is 6.01 Å². The van der Waals surface area contributed by atoms with Crippen LogP contribution in [0, 0.1) is 27.7 Å². The van der Waals surface area contributed by atoms with Gasteiger partial charge in [-0.1, -0.05) is 11.6 Å². The molecule has 0 unspecified atom stereocenters. The fourth-order valence-corrected chi connectivity index (χ4v) is 3.20. The van der Waals surface area contributed by atoms with Gasteiger partial charge in [-0.3, -0.25) is 4.79 Å². The van der Waals surface area contributed by atoms with Crippen molar-refractivity contribution >= 4 is 23.2 Å². The molecule has 31 heavy (non-hydrogen) atoms. The van der Waals surface area contributed by atoms with Crippen molar-refractivity contribution in [2.24, 2.45) is 0 Å². The van der Waals surface area contributed by atoms with Crippen molar-refractivity contribution in [3.05, 3.63) is 70.0 Å². The van der Waals surface area contributed by atoms with Crippen LogP contribution in [0.3, 0.4) is 0 Å². The van der Waals surface area contributed by atoms with Gasteiger partial charge in [-0.2, -0.15) is 0 Å². The number of ether oxygens (including phenoxy) is 2. The number of carbonyl (C=O) groups is 1. The monoisotopic (exact) mass is 439 g/mol. The predicted molar refractivity (Wildman–Crippen MR) is 122 cm³/mol. The Hall–Kier alpha value is -3.12. The number of hydrogen-bond donors (Lipinski definition) is 1. The fraction of sp³-hybridized carbons (Fsp3) is 0.292. The highest BCUT2D eigenvalue weighted by atomic mass is 35.5. The Kier molecular flexibility index (Phi) is 7.47. The molecule has 7 heteroatoms. The van der Waals surface area contributed by atoms with E-state index in [9.17, 15) is 4.79 Å². The maximum absolute atomic E-state index is 12.2. The second-order valence-corrected chi connectivity index (χ2v) is 7.81. The largest absolute Gasteiger partial charge is 0.494 e. The fourth-order valence-electron chi connectivity index (χ4n) is 3.09. The molecule has 1 heterocycles. The molecular weight excluding hydrogens is 414 g/mol. The molecule has 0 radical (unpaired) electrons. The molecule has 162 valence electrons. The third-order valence-corrected chi connectivity index (χ3v) is 5.13. The van der Waals surface area contributed by atoms with E-state index in [1.165, 1.54) is 0 Å². The minimum Gasteiger partial charge on any atom is -0.494 e. The van der Waals surface area contributed by atoms with Crippen LogP contribution in [0.15, 0.2) is 42.5 Å². The topological polar surface area (TPSA) is 73.3 Å². The van der Waals surface area contributed by atoms with Gasteiger partial charge < -0.3 is 14.8 Å². The number of aromatic nitrogens is 2. The van der Waals surface area contributed by atoms with Crippen molar-refractivity contribution in [3.8, 4) is 17.5 Å². The normalized spacial score (nSPS) is 10.6. The average molecular weight is 440 g/mol. The molecule has 0 atom stereocenters. The summed E-state index contributed by atoms with van der Waals surface area (Å²) in [6.45, 7) is 8.13. The van der Waals surface area contributed by atoms with Gasteiger partial charge in [-0.25, -0.2) is 9.97 Å². The molecule has 3 rings (SSSR count). The molecule has 1 aromatic heterocycles. The molecule has 1 amide bonds. The third kappa shape index (κ3) is 6.69. The highest BCUT2D eigenvalue weighted by Crippen LogP contribution is 2.26. The maximum Gasteiger partial charge on any atom is 0.322 e. The summed E-state index contributed by atoms with van der Waals surface area (Å²) in [6.07, 6.45) is 0.970. The zero-order chi connectivity index (χ0) is 22.4. The molecule has 2 aromatic carbocycles. The Labute approximate surface area is 187 Å². The summed E-state index contributed by atoms with van der Waals surface area (Å²) in [5.41, 5.74) is 4.34. The summed E-state index contributed by atoms with van der Waals surface area (Å²) in [6, 6.07) is 13.1. The number of aryl methyl sites for hydroxylation is 4. The average Bonchev–Trinajstić information content (AvgIpc) is 2.70. The van der Waals surface area contributed by atoms with Gasteiger partial charge in [0.05, 0.1) is 6.61 Å². The lowest BCUT2D eigenvalue weighted by Crippen LogP contribution is -2.12. The second kappa shape index (κ2) is 10.3. The first-order valence-electron chi connectivity index (χ1n) is 10.1. The summed E-state index contributed by atoms with van der Waals surface area (Å²) in [7, 11) is 0. The lowest BCUT2D eigenvalue weighted by atomic mass is 10.1. The summed E-state index contributed by atoms with van der Waals surface area (Å²) in [5, 5.41) is 3.63. The van der Waals surface area contributed by atoms with Crippen LogP contribution in [0.1, 0.15) is 35.4 Å². The van der Waals surface area contributed by atoms with Crippen LogP contribution in [0.25, 0.3) is 0 Å². The minimum absolute atomic E-state index is 0.0709. The van der Waals surface area contributed by atoms with E-state index in [-0.39, 0.29) is 5.91 Å².